The number of benzene rings is 1. The average Bonchev–Trinajstić information content (AvgIpc) is 2.64. The van der Waals surface area contributed by atoms with Crippen LogP contribution in [0.5, 0.6) is 5.88 Å². The summed E-state index contributed by atoms with van der Waals surface area (Å²) in [5, 5.41) is -0.791. The Balaban J connectivity index is 2.06. The van der Waals surface area contributed by atoms with Crippen LogP contribution in [0, 0.1) is 0 Å². The molecule has 0 saturated carbocycles. The van der Waals surface area contributed by atoms with Crippen LogP contribution in [0.1, 0.15) is 22.5 Å². The van der Waals surface area contributed by atoms with E-state index in [0.29, 0.717) is 5.56 Å². The van der Waals surface area contributed by atoms with Gasteiger partial charge >= 0.3 is 18.1 Å². The molecular formula is C17H15F3N2O6S. The number of halogens is 3. The van der Waals surface area contributed by atoms with Crippen LogP contribution in [-0.2, 0) is 25.8 Å². The number of nitrogens with zero attached hydrogens (tertiary/aromatic N) is 2. The van der Waals surface area contributed by atoms with Gasteiger partial charge in [0.25, 0.3) is 0 Å². The average molecular weight is 432 g/mol. The third kappa shape index (κ3) is 6.82. The van der Waals surface area contributed by atoms with Crippen molar-refractivity contribution in [3.05, 3.63) is 47.7 Å². The molecule has 0 amide bonds. The minimum Gasteiger partial charge on any atom is -0.462 e. The Morgan fingerprint density at radius 3 is 2.34 bits per heavy atom. The van der Waals surface area contributed by atoms with Gasteiger partial charge in [-0.2, -0.15) is 18.2 Å². The van der Waals surface area contributed by atoms with E-state index in [4.69, 9.17) is 4.74 Å². The zero-order chi connectivity index (χ0) is 21.7. The van der Waals surface area contributed by atoms with Crippen molar-refractivity contribution >= 4 is 21.8 Å². The molecule has 1 aromatic carbocycles. The number of carbonyl (C=O) groups is 2. The zero-order valence-corrected chi connectivity index (χ0v) is 15.8. The number of esters is 2. The van der Waals surface area contributed by atoms with Crippen LogP contribution in [0.4, 0.5) is 13.2 Å². The van der Waals surface area contributed by atoms with Gasteiger partial charge in [-0.15, -0.1) is 0 Å². The van der Waals surface area contributed by atoms with Gasteiger partial charge in [0.15, 0.2) is 0 Å². The van der Waals surface area contributed by atoms with Gasteiger partial charge in [0.2, 0.25) is 20.9 Å². The molecule has 2 aromatic rings. The smallest absolute Gasteiger partial charge is 0.462 e. The molecule has 0 bridgehead atoms. The fraction of sp³-hybridized carbons (Fsp3) is 0.294. The lowest BCUT2D eigenvalue weighted by Crippen LogP contribution is -2.28. The highest BCUT2D eigenvalue weighted by atomic mass is 32.2. The monoisotopic (exact) mass is 432 g/mol. The van der Waals surface area contributed by atoms with Crippen molar-refractivity contribution in [2.45, 2.75) is 24.2 Å². The van der Waals surface area contributed by atoms with Crippen LogP contribution >= 0.6 is 0 Å². The summed E-state index contributed by atoms with van der Waals surface area (Å²) >= 11 is 0. The molecule has 1 heterocycles. The molecule has 0 N–H and O–H groups in total. The number of ether oxygens (including phenoxy) is 2. The molecule has 0 unspecified atom stereocenters. The van der Waals surface area contributed by atoms with Crippen LogP contribution in [0.25, 0.3) is 0 Å². The van der Waals surface area contributed by atoms with Crippen molar-refractivity contribution in [3.63, 3.8) is 0 Å². The van der Waals surface area contributed by atoms with Gasteiger partial charge in [0.05, 0.1) is 12.2 Å². The summed E-state index contributed by atoms with van der Waals surface area (Å²) in [6.07, 6.45) is -4.31. The van der Waals surface area contributed by atoms with Crippen molar-refractivity contribution < 1.29 is 40.7 Å². The maximum atomic E-state index is 12.3. The van der Waals surface area contributed by atoms with Crippen LogP contribution < -0.4 is 4.74 Å². The SMILES string of the molecule is CS(=O)(=O)c1nc(CCCOC(=O)c2ccccc2)cc(OC(=O)C(F)(F)F)n1. The normalized spacial score (nSPS) is 11.7. The third-order valence-electron chi connectivity index (χ3n) is 3.32. The summed E-state index contributed by atoms with van der Waals surface area (Å²) in [6, 6.07) is 9.09. The van der Waals surface area contributed by atoms with Crippen LogP contribution in [0.2, 0.25) is 0 Å². The summed E-state index contributed by atoms with van der Waals surface area (Å²) in [5.41, 5.74) is 0.344. The maximum absolute atomic E-state index is 12.3. The van der Waals surface area contributed by atoms with Crippen LogP contribution in [-0.4, -0.2) is 49.4 Å². The van der Waals surface area contributed by atoms with Gasteiger partial charge in [-0.25, -0.2) is 23.0 Å². The first-order valence-electron chi connectivity index (χ1n) is 8.06. The Bertz CT molecular complexity index is 994. The van der Waals surface area contributed by atoms with E-state index in [1.54, 1.807) is 30.3 Å². The second kappa shape index (κ2) is 8.99. The van der Waals surface area contributed by atoms with Crippen molar-refractivity contribution in [1.82, 2.24) is 9.97 Å². The van der Waals surface area contributed by atoms with E-state index in [0.717, 1.165) is 12.3 Å². The zero-order valence-electron chi connectivity index (χ0n) is 15.0. The minimum absolute atomic E-state index is 0.00107. The topological polar surface area (TPSA) is 113 Å². The second-order valence-corrected chi connectivity index (χ2v) is 7.65. The molecule has 0 saturated heterocycles. The van der Waals surface area contributed by atoms with Crippen molar-refractivity contribution in [2.75, 3.05) is 12.9 Å². The lowest BCUT2D eigenvalue weighted by molar-refractivity contribution is -0.190. The van der Waals surface area contributed by atoms with Crippen molar-refractivity contribution in [3.8, 4) is 5.88 Å². The van der Waals surface area contributed by atoms with Gasteiger partial charge in [-0.3, -0.25) is 0 Å². The molecule has 0 aliphatic carbocycles. The molecule has 0 radical (unpaired) electrons. The molecule has 156 valence electrons. The van der Waals surface area contributed by atoms with Gasteiger partial charge < -0.3 is 9.47 Å². The second-order valence-electron chi connectivity index (χ2n) is 5.75. The number of alkyl halides is 3. The third-order valence-corrected chi connectivity index (χ3v) is 4.16. The number of rotatable bonds is 7. The van der Waals surface area contributed by atoms with Crippen molar-refractivity contribution in [2.24, 2.45) is 0 Å². The Morgan fingerprint density at radius 2 is 1.76 bits per heavy atom. The van der Waals surface area contributed by atoms with Gasteiger partial charge in [0, 0.05) is 18.0 Å². The van der Waals surface area contributed by atoms with Crippen LogP contribution in [0.3, 0.4) is 0 Å². The first-order valence-corrected chi connectivity index (χ1v) is 9.95. The van der Waals surface area contributed by atoms with Crippen LogP contribution in [0.15, 0.2) is 41.6 Å². The predicted molar refractivity (Wildman–Crippen MR) is 91.9 cm³/mol. The number of hydrogen-bond donors (Lipinski definition) is 0. The van der Waals surface area contributed by atoms with E-state index < -0.39 is 39.0 Å². The number of carbonyl (C=O) groups excluding carboxylic acids is 2. The largest absolute Gasteiger partial charge is 0.491 e. The highest BCUT2D eigenvalue weighted by molar-refractivity contribution is 7.90. The van der Waals surface area contributed by atoms with E-state index >= 15 is 0 Å². The lowest BCUT2D eigenvalue weighted by atomic mass is 10.2. The molecule has 8 nitrogen and oxygen atoms in total. The fourth-order valence-electron chi connectivity index (χ4n) is 2.02. The quantitative estimate of drug-likeness (QED) is 0.372. The molecule has 1 aromatic heterocycles. The van der Waals surface area contributed by atoms with E-state index in [1.165, 1.54) is 0 Å². The molecule has 0 aliphatic heterocycles. The lowest BCUT2D eigenvalue weighted by Gasteiger charge is -2.09. The first kappa shape index (κ1) is 22.3. The number of aromatic nitrogens is 2. The minimum atomic E-state index is -5.28. The molecule has 29 heavy (non-hydrogen) atoms. The summed E-state index contributed by atoms with van der Waals surface area (Å²) < 4.78 is 69.5. The summed E-state index contributed by atoms with van der Waals surface area (Å²) in [7, 11) is -3.98. The number of hydrogen-bond acceptors (Lipinski definition) is 8. The van der Waals surface area contributed by atoms with E-state index in [9.17, 15) is 31.2 Å². The predicted octanol–water partition coefficient (Wildman–Crippen LogP) is 2.14. The molecule has 0 fully saturated rings. The standard InChI is InChI=1S/C17H15F3N2O6S/c1-29(25,26)16-21-12(10-13(22-16)28-15(24)17(18,19)20)8-5-9-27-14(23)11-6-3-2-4-7-11/h2-4,6-7,10H,5,8-9H2,1H3. The Hall–Kier alpha value is -3.02. The molecule has 2 rings (SSSR count). The summed E-state index contributed by atoms with van der Waals surface area (Å²) in [5.74, 6) is -3.96. The van der Waals surface area contributed by atoms with Gasteiger partial charge in [-0.05, 0) is 25.0 Å². The highest BCUT2D eigenvalue weighted by Crippen LogP contribution is 2.20. The molecule has 0 spiro atoms. The van der Waals surface area contributed by atoms with Crippen molar-refractivity contribution in [1.29, 1.82) is 0 Å². The Morgan fingerprint density at radius 1 is 1.10 bits per heavy atom. The maximum Gasteiger partial charge on any atom is 0.491 e. The molecule has 0 aliphatic rings. The highest BCUT2D eigenvalue weighted by Gasteiger charge is 2.41. The summed E-state index contributed by atoms with van der Waals surface area (Å²) in [4.78, 5) is 29.8. The summed E-state index contributed by atoms with van der Waals surface area (Å²) in [6.45, 7) is -0.0520. The fourth-order valence-corrected chi connectivity index (χ4v) is 2.56. The Labute approximate surface area is 163 Å². The van der Waals surface area contributed by atoms with Gasteiger partial charge in [0.1, 0.15) is 0 Å². The first-order chi connectivity index (χ1) is 13.5. The number of aryl methyl sites for hydroxylation is 1. The molecule has 0 atom stereocenters. The molecular weight excluding hydrogens is 417 g/mol. The number of sulfone groups is 1. The van der Waals surface area contributed by atoms with E-state index in [1.807, 2.05) is 0 Å². The van der Waals surface area contributed by atoms with Gasteiger partial charge in [-0.1, -0.05) is 18.2 Å². The Kier molecular flexibility index (Phi) is 6.90. The van der Waals surface area contributed by atoms with E-state index in [-0.39, 0.29) is 25.1 Å². The van der Waals surface area contributed by atoms with E-state index in [2.05, 4.69) is 14.7 Å². The molecule has 12 heteroatoms.